The Hall–Kier alpha value is -2.06. The molecule has 1 fully saturated rings. The van der Waals surface area contributed by atoms with E-state index in [1.807, 2.05) is 6.07 Å². The number of benzene rings is 2. The van der Waals surface area contributed by atoms with Crippen molar-refractivity contribution in [3.05, 3.63) is 77.4 Å². The molecule has 0 spiro atoms. The van der Waals surface area contributed by atoms with E-state index < -0.39 is 0 Å². The normalized spacial score (nSPS) is 23.1. The van der Waals surface area contributed by atoms with Crippen LogP contribution in [0, 0.1) is 0 Å². The summed E-state index contributed by atoms with van der Waals surface area (Å²) in [6, 6.07) is 20.7. The van der Waals surface area contributed by atoms with Crippen molar-refractivity contribution in [1.29, 1.82) is 0 Å². The first-order valence-corrected chi connectivity index (χ1v) is 8.94. The van der Waals surface area contributed by atoms with E-state index in [1.54, 1.807) is 12.7 Å². The number of nitrogens with zero attached hydrogens (tertiary/aromatic N) is 1. The van der Waals surface area contributed by atoms with E-state index in [0.717, 1.165) is 18.7 Å². The fourth-order valence-corrected chi connectivity index (χ4v) is 4.22. The Morgan fingerprint density at radius 2 is 1.83 bits per heavy atom. The molecule has 0 aromatic heterocycles. The third-order valence-electron chi connectivity index (χ3n) is 5.39. The van der Waals surface area contributed by atoms with Crippen LogP contribution < -0.4 is 4.74 Å². The van der Waals surface area contributed by atoms with Crippen LogP contribution in [0.15, 0.2) is 66.2 Å². The highest BCUT2D eigenvalue weighted by molar-refractivity contribution is 5.33. The second-order valence-corrected chi connectivity index (χ2v) is 7.01. The van der Waals surface area contributed by atoms with E-state index >= 15 is 0 Å². The summed E-state index contributed by atoms with van der Waals surface area (Å²) in [7, 11) is 1.74. The molecule has 0 saturated carbocycles. The predicted octanol–water partition coefficient (Wildman–Crippen LogP) is 4.60. The topological polar surface area (TPSA) is 12.5 Å². The van der Waals surface area contributed by atoms with Gasteiger partial charge in [0, 0.05) is 18.6 Å². The summed E-state index contributed by atoms with van der Waals surface area (Å²) in [5.41, 5.74) is 4.38. The minimum absolute atomic E-state index is 0.615. The maximum Gasteiger partial charge on any atom is 0.119 e. The van der Waals surface area contributed by atoms with Crippen molar-refractivity contribution in [2.45, 2.75) is 44.3 Å². The first-order chi connectivity index (χ1) is 11.8. The Bertz CT molecular complexity index is 722. The van der Waals surface area contributed by atoms with Crippen LogP contribution >= 0.6 is 0 Å². The lowest BCUT2D eigenvalue weighted by atomic mass is 9.94. The van der Waals surface area contributed by atoms with E-state index in [2.05, 4.69) is 59.5 Å². The highest BCUT2D eigenvalue weighted by Gasteiger charge is 2.36. The Balaban J connectivity index is 1.47. The van der Waals surface area contributed by atoms with Gasteiger partial charge in [-0.2, -0.15) is 0 Å². The highest BCUT2D eigenvalue weighted by Crippen LogP contribution is 2.37. The smallest absolute Gasteiger partial charge is 0.119 e. The maximum absolute atomic E-state index is 5.35. The molecule has 2 unspecified atom stereocenters. The van der Waals surface area contributed by atoms with Gasteiger partial charge in [0.05, 0.1) is 7.11 Å². The molecule has 2 aliphatic rings. The first kappa shape index (κ1) is 15.5. The lowest BCUT2D eigenvalue weighted by molar-refractivity contribution is 0.194. The van der Waals surface area contributed by atoms with E-state index in [4.69, 9.17) is 4.74 Å². The number of hydrogen-bond donors (Lipinski definition) is 0. The zero-order chi connectivity index (χ0) is 16.4. The number of methoxy groups -OCH3 is 1. The van der Waals surface area contributed by atoms with Gasteiger partial charge in [0.25, 0.3) is 0 Å². The Morgan fingerprint density at radius 1 is 1.00 bits per heavy atom. The van der Waals surface area contributed by atoms with Crippen LogP contribution in [-0.4, -0.2) is 24.1 Å². The molecule has 2 aromatic rings. The van der Waals surface area contributed by atoms with Crippen LogP contribution in [0.25, 0.3) is 0 Å². The van der Waals surface area contributed by atoms with Crippen LogP contribution in [0.5, 0.6) is 5.75 Å². The Labute approximate surface area is 144 Å². The summed E-state index contributed by atoms with van der Waals surface area (Å²) >= 11 is 0. The lowest BCUT2D eigenvalue weighted by Gasteiger charge is -2.34. The Morgan fingerprint density at radius 3 is 2.62 bits per heavy atom. The minimum atomic E-state index is 0.615. The molecule has 2 atom stereocenters. The molecule has 2 heteroatoms. The van der Waals surface area contributed by atoms with Gasteiger partial charge >= 0.3 is 0 Å². The summed E-state index contributed by atoms with van der Waals surface area (Å²) in [5.74, 6) is 0.956. The van der Waals surface area contributed by atoms with Crippen molar-refractivity contribution >= 4 is 0 Å². The summed E-state index contributed by atoms with van der Waals surface area (Å²) in [4.78, 5) is 2.70. The molecular formula is C22H25NO. The maximum atomic E-state index is 5.35. The molecule has 2 aliphatic heterocycles. The van der Waals surface area contributed by atoms with Crippen molar-refractivity contribution in [3.63, 3.8) is 0 Å². The zero-order valence-electron chi connectivity index (χ0n) is 14.3. The standard InChI is InChI=1S/C22H25NO/c1-24-22-9-5-8-18(15-22)12-19-13-20-10-11-21(14-19)23(20)16-17-6-3-2-4-7-17/h2-9,13,15,20-21H,10-12,14,16H2,1H3. The van der Waals surface area contributed by atoms with Crippen molar-refractivity contribution in [2.75, 3.05) is 7.11 Å². The molecule has 2 nitrogen and oxygen atoms in total. The molecule has 1 saturated heterocycles. The molecule has 124 valence electrons. The van der Waals surface area contributed by atoms with E-state index in [9.17, 15) is 0 Å². The third-order valence-corrected chi connectivity index (χ3v) is 5.39. The van der Waals surface area contributed by atoms with Gasteiger partial charge in [-0.15, -0.1) is 0 Å². The molecule has 2 aromatic carbocycles. The SMILES string of the molecule is COc1cccc(CC2=CC3CCC(C2)N3Cc2ccccc2)c1. The van der Waals surface area contributed by atoms with E-state index in [0.29, 0.717) is 12.1 Å². The average molecular weight is 319 g/mol. The molecule has 0 radical (unpaired) electrons. The van der Waals surface area contributed by atoms with Crippen LogP contribution in [0.3, 0.4) is 0 Å². The van der Waals surface area contributed by atoms with Gasteiger partial charge in [0.2, 0.25) is 0 Å². The number of hydrogen-bond acceptors (Lipinski definition) is 2. The molecule has 4 rings (SSSR count). The summed E-state index contributed by atoms with van der Waals surface area (Å²) in [6.45, 7) is 1.08. The third kappa shape index (κ3) is 3.25. The molecule has 0 amide bonds. The van der Waals surface area contributed by atoms with Crippen LogP contribution in [0.2, 0.25) is 0 Å². The molecule has 2 heterocycles. The number of ether oxygens (including phenoxy) is 1. The van der Waals surface area contributed by atoms with Crippen LogP contribution in [0.4, 0.5) is 0 Å². The monoisotopic (exact) mass is 319 g/mol. The molecule has 0 aliphatic carbocycles. The van der Waals surface area contributed by atoms with Gasteiger partial charge in [-0.05, 0) is 48.9 Å². The second kappa shape index (κ2) is 6.82. The quantitative estimate of drug-likeness (QED) is 0.747. The average Bonchev–Trinajstić information content (AvgIpc) is 2.85. The molecule has 0 N–H and O–H groups in total. The Kier molecular flexibility index (Phi) is 4.40. The molecule has 24 heavy (non-hydrogen) atoms. The number of fused-ring (bicyclic) bond motifs is 2. The largest absolute Gasteiger partial charge is 0.497 e. The lowest BCUT2D eigenvalue weighted by Crippen LogP contribution is -2.38. The number of rotatable bonds is 5. The van der Waals surface area contributed by atoms with Crippen molar-refractivity contribution < 1.29 is 4.74 Å². The van der Waals surface area contributed by atoms with Gasteiger partial charge in [-0.25, -0.2) is 0 Å². The van der Waals surface area contributed by atoms with Gasteiger partial charge in [-0.1, -0.05) is 54.1 Å². The van der Waals surface area contributed by atoms with Gasteiger partial charge in [0.1, 0.15) is 5.75 Å². The fraction of sp³-hybridized carbons (Fsp3) is 0.364. The molecular weight excluding hydrogens is 294 g/mol. The second-order valence-electron chi connectivity index (χ2n) is 7.01. The fourth-order valence-electron chi connectivity index (χ4n) is 4.22. The summed E-state index contributed by atoms with van der Waals surface area (Å²) < 4.78 is 5.35. The summed E-state index contributed by atoms with van der Waals surface area (Å²) in [6.07, 6.45) is 7.44. The van der Waals surface area contributed by atoms with Crippen molar-refractivity contribution in [2.24, 2.45) is 0 Å². The molecule has 2 bridgehead atoms. The van der Waals surface area contributed by atoms with Gasteiger partial charge in [-0.3, -0.25) is 4.90 Å². The van der Waals surface area contributed by atoms with E-state index in [-0.39, 0.29) is 0 Å². The minimum Gasteiger partial charge on any atom is -0.497 e. The van der Waals surface area contributed by atoms with Crippen LogP contribution in [0.1, 0.15) is 30.4 Å². The van der Waals surface area contributed by atoms with Crippen molar-refractivity contribution in [3.8, 4) is 5.75 Å². The van der Waals surface area contributed by atoms with E-state index in [1.165, 1.54) is 30.4 Å². The van der Waals surface area contributed by atoms with Gasteiger partial charge < -0.3 is 4.74 Å². The van der Waals surface area contributed by atoms with Crippen LogP contribution in [-0.2, 0) is 13.0 Å². The zero-order valence-corrected chi connectivity index (χ0v) is 14.3. The highest BCUT2D eigenvalue weighted by atomic mass is 16.5. The summed E-state index contributed by atoms with van der Waals surface area (Å²) in [5, 5.41) is 0. The van der Waals surface area contributed by atoms with Gasteiger partial charge in [0.15, 0.2) is 0 Å². The predicted molar refractivity (Wildman–Crippen MR) is 98.2 cm³/mol. The first-order valence-electron chi connectivity index (χ1n) is 8.94. The van der Waals surface area contributed by atoms with Crippen molar-refractivity contribution in [1.82, 2.24) is 4.90 Å².